The largest absolute Gasteiger partial charge is 0 e. The molecule has 0 amide bonds. The zero-order valence-corrected chi connectivity index (χ0v) is 6.95. The Morgan fingerprint density at radius 1 is 1.00 bits per heavy atom. The van der Waals surface area contributed by atoms with E-state index in [-0.39, 0.29) is 71.7 Å². The molecular weight excluding hydrogens is 365 g/mol. The summed E-state index contributed by atoms with van der Waals surface area (Å²) in [7, 11) is 0. The molecule has 0 bridgehead atoms. The third-order valence-corrected chi connectivity index (χ3v) is 0. The van der Waals surface area contributed by atoms with Gasteiger partial charge in [0.1, 0.15) is 0 Å². The van der Waals surface area contributed by atoms with E-state index < -0.39 is 0 Å². The molecule has 0 rings (SSSR count). The molecule has 0 heterocycles. The Bertz CT molecular complexity index is 8.00. The molecule has 0 aromatic rings. The van der Waals surface area contributed by atoms with Gasteiger partial charge in [0.15, 0.2) is 0 Å². The van der Waals surface area contributed by atoms with Gasteiger partial charge in [0.25, 0.3) is 0 Å². The summed E-state index contributed by atoms with van der Waals surface area (Å²) in [5, 5.41) is 0. The maximum atomic E-state index is 0. The Labute approximate surface area is 71.0 Å². The number of rotatable bonds is 0. The van der Waals surface area contributed by atoms with Crippen LogP contribution in [0, 0.1) is 0 Å². The van der Waals surface area contributed by atoms with Crippen LogP contribution in [-0.2, 0) is 71.7 Å². The van der Waals surface area contributed by atoms with Crippen LogP contribution >= 0.6 is 0 Å². The van der Waals surface area contributed by atoms with Gasteiger partial charge in [-0.3, -0.25) is 0 Å². The van der Waals surface area contributed by atoms with Crippen molar-refractivity contribution in [3.63, 3.8) is 0 Å². The Morgan fingerprint density at radius 3 is 1.00 bits per heavy atom. The maximum absolute atomic E-state index is 0. The molecule has 0 aliphatic heterocycles. The zero-order chi connectivity index (χ0) is 0. The molecule has 0 nitrogen and oxygen atoms in total. The topological polar surface area (TPSA) is 0 Å². The fourth-order valence-corrected chi connectivity index (χ4v) is 0. The summed E-state index contributed by atoms with van der Waals surface area (Å²) in [5.41, 5.74) is 0. The molecule has 0 aliphatic rings. The molecule has 0 spiro atoms. The van der Waals surface area contributed by atoms with E-state index in [1.807, 2.05) is 0 Å². The van der Waals surface area contributed by atoms with Gasteiger partial charge in [0, 0.05) is 71.7 Å². The van der Waals surface area contributed by atoms with Crippen LogP contribution in [0.25, 0.3) is 0 Å². The van der Waals surface area contributed by atoms with Crippen molar-refractivity contribution in [1.82, 2.24) is 0 Å². The maximum Gasteiger partial charge on any atom is 0 e. The molecule has 0 fully saturated rings. The van der Waals surface area contributed by atoms with Crippen molar-refractivity contribution >= 4 is 0 Å². The van der Waals surface area contributed by atoms with Crippen LogP contribution in [-0.4, -0.2) is 0 Å². The molecule has 4 heavy (non-hydrogen) atoms. The zero-order valence-electron chi connectivity index (χ0n) is 1.37. The molecular formula is CoCrNiPt. The normalized spacial score (nSPS) is 0. The van der Waals surface area contributed by atoms with E-state index in [4.69, 9.17) is 0 Å². The first-order valence-corrected chi connectivity index (χ1v) is 0. The van der Waals surface area contributed by atoms with Gasteiger partial charge in [0.05, 0.1) is 0 Å². The van der Waals surface area contributed by atoms with Gasteiger partial charge in [-0.2, -0.15) is 0 Å². The Hall–Kier alpha value is 2.22. The first-order valence-electron chi connectivity index (χ1n) is 0. The van der Waals surface area contributed by atoms with Gasteiger partial charge in [-0.05, 0) is 0 Å². The first-order chi connectivity index (χ1) is 0. The monoisotopic (exact) mass is 364 g/mol. The molecule has 4 heteroatoms. The summed E-state index contributed by atoms with van der Waals surface area (Å²) in [6.07, 6.45) is 0. The van der Waals surface area contributed by atoms with Gasteiger partial charge >= 0.3 is 0 Å². The second-order valence-electron chi connectivity index (χ2n) is 0. The first kappa shape index (κ1) is 34.4. The predicted octanol–water partition coefficient (Wildman–Crippen LogP) is -0.0100. The molecule has 0 aromatic carbocycles. The van der Waals surface area contributed by atoms with E-state index >= 15 is 0 Å². The Kier molecular flexibility index (Phi) is 162. The third-order valence-electron chi connectivity index (χ3n) is 0. The fourth-order valence-electron chi connectivity index (χ4n) is 0. The van der Waals surface area contributed by atoms with Crippen molar-refractivity contribution in [3.05, 3.63) is 0 Å². The van der Waals surface area contributed by atoms with E-state index in [9.17, 15) is 0 Å². The van der Waals surface area contributed by atoms with Gasteiger partial charge in [-0.25, -0.2) is 0 Å². The fraction of sp³-hybridized carbons (Fsp3) is 0. The minimum Gasteiger partial charge on any atom is 0 e. The molecule has 0 unspecified atom stereocenters. The molecule has 35 valence electrons. The van der Waals surface area contributed by atoms with E-state index in [2.05, 4.69) is 0 Å². The second-order valence-corrected chi connectivity index (χ2v) is 0. The van der Waals surface area contributed by atoms with Crippen molar-refractivity contribution in [1.29, 1.82) is 0 Å². The average molecular weight is 365 g/mol. The minimum absolute atomic E-state index is 0. The van der Waals surface area contributed by atoms with E-state index in [1.165, 1.54) is 0 Å². The summed E-state index contributed by atoms with van der Waals surface area (Å²) < 4.78 is 0. The summed E-state index contributed by atoms with van der Waals surface area (Å²) in [6, 6.07) is 0. The van der Waals surface area contributed by atoms with Gasteiger partial charge in [-0.15, -0.1) is 0 Å². The minimum atomic E-state index is 0. The van der Waals surface area contributed by atoms with E-state index in [0.717, 1.165) is 0 Å². The average Bonchev–Trinajstić information content (AvgIpc) is 0. The number of hydrogen-bond donors (Lipinski definition) is 0. The van der Waals surface area contributed by atoms with Crippen LogP contribution in [0.4, 0.5) is 0 Å². The van der Waals surface area contributed by atoms with Crippen LogP contribution in [0.3, 0.4) is 0 Å². The molecule has 0 atom stereocenters. The van der Waals surface area contributed by atoms with Crippen LogP contribution in [0.5, 0.6) is 0 Å². The smallest absolute Gasteiger partial charge is 0 e. The van der Waals surface area contributed by atoms with Crippen molar-refractivity contribution in [3.8, 4) is 0 Å². The Morgan fingerprint density at radius 2 is 1.00 bits per heavy atom. The molecule has 0 aliphatic carbocycles. The van der Waals surface area contributed by atoms with Crippen molar-refractivity contribution in [2.45, 2.75) is 0 Å². The quantitative estimate of drug-likeness (QED) is 0.531. The van der Waals surface area contributed by atoms with Gasteiger partial charge < -0.3 is 0 Å². The summed E-state index contributed by atoms with van der Waals surface area (Å²) in [6.45, 7) is 0. The SMILES string of the molecule is [Co].[Cr].[Ni].[Pt]. The summed E-state index contributed by atoms with van der Waals surface area (Å²) in [4.78, 5) is 0. The Balaban J connectivity index is 0. The van der Waals surface area contributed by atoms with E-state index in [1.54, 1.807) is 0 Å². The molecule has 0 N–H and O–H groups in total. The van der Waals surface area contributed by atoms with Crippen molar-refractivity contribution in [2.24, 2.45) is 0 Å². The third kappa shape index (κ3) is 8.88. The van der Waals surface area contributed by atoms with Crippen molar-refractivity contribution < 1.29 is 71.7 Å². The van der Waals surface area contributed by atoms with Gasteiger partial charge in [-0.1, -0.05) is 0 Å². The van der Waals surface area contributed by atoms with Crippen LogP contribution < -0.4 is 0 Å². The molecule has 0 saturated heterocycles. The molecule has 0 saturated carbocycles. The summed E-state index contributed by atoms with van der Waals surface area (Å²) in [5.74, 6) is 0. The van der Waals surface area contributed by atoms with Crippen LogP contribution in [0.15, 0.2) is 0 Å². The molecule has 0 aromatic heterocycles. The van der Waals surface area contributed by atoms with Crippen LogP contribution in [0.2, 0.25) is 0 Å². The second kappa shape index (κ2) is 18.9. The van der Waals surface area contributed by atoms with E-state index in [0.29, 0.717) is 0 Å². The predicted molar refractivity (Wildman–Crippen MR) is 0 cm³/mol. The molecule has 1 radical (unpaired) electrons. The number of hydrogen-bond acceptors (Lipinski definition) is 0. The van der Waals surface area contributed by atoms with Crippen LogP contribution in [0.1, 0.15) is 0 Å². The standard InChI is InChI=1S/Co.Cr.Ni.Pt. The van der Waals surface area contributed by atoms with Crippen molar-refractivity contribution in [2.75, 3.05) is 0 Å². The van der Waals surface area contributed by atoms with Gasteiger partial charge in [0.2, 0.25) is 0 Å². The summed E-state index contributed by atoms with van der Waals surface area (Å²) >= 11 is 0.